The average Bonchev–Trinajstić information content (AvgIpc) is 3.15. The van der Waals surface area contributed by atoms with Crippen LogP contribution in [-0.4, -0.2) is 76.1 Å². The third-order valence-corrected chi connectivity index (χ3v) is 6.80. The molecule has 162 valence electrons. The molecule has 30 heavy (non-hydrogen) atoms. The summed E-state index contributed by atoms with van der Waals surface area (Å²) >= 11 is 0. The number of likely N-dealkylation sites (N-methyl/N-ethyl adjacent to an activating group) is 1. The summed E-state index contributed by atoms with van der Waals surface area (Å²) < 4.78 is 7.55. The van der Waals surface area contributed by atoms with Crippen molar-refractivity contribution < 1.29 is 4.42 Å². The average molecular weight is 414 g/mol. The Morgan fingerprint density at radius 2 is 1.90 bits per heavy atom. The van der Waals surface area contributed by atoms with Crippen molar-refractivity contribution >= 4 is 5.69 Å². The molecule has 5 rings (SSSR count). The number of piperazine rings is 1. The van der Waals surface area contributed by atoms with E-state index in [0.29, 0.717) is 18.4 Å². The Morgan fingerprint density at radius 3 is 2.63 bits per heavy atom. The molecule has 9 heteroatoms. The molecule has 3 fully saturated rings. The van der Waals surface area contributed by atoms with Crippen molar-refractivity contribution in [2.75, 3.05) is 51.2 Å². The molecule has 3 aliphatic rings. The zero-order valence-corrected chi connectivity index (χ0v) is 17.7. The van der Waals surface area contributed by atoms with Crippen molar-refractivity contribution in [3.63, 3.8) is 0 Å². The molecule has 2 saturated heterocycles. The van der Waals surface area contributed by atoms with Crippen molar-refractivity contribution in [1.29, 1.82) is 0 Å². The van der Waals surface area contributed by atoms with E-state index in [2.05, 4.69) is 37.0 Å². The van der Waals surface area contributed by atoms with Crippen molar-refractivity contribution in [3.05, 3.63) is 34.4 Å². The van der Waals surface area contributed by atoms with Gasteiger partial charge < -0.3 is 14.2 Å². The Bertz CT molecular complexity index is 914. The molecule has 1 saturated carbocycles. The lowest BCUT2D eigenvalue weighted by Crippen LogP contribution is -2.45. The van der Waals surface area contributed by atoms with Gasteiger partial charge >= 0.3 is 0 Å². The highest BCUT2D eigenvalue weighted by molar-refractivity contribution is 5.43. The lowest BCUT2D eigenvalue weighted by atomic mass is 9.85. The predicted molar refractivity (Wildman–Crippen MR) is 113 cm³/mol. The quantitative estimate of drug-likeness (QED) is 0.729. The predicted octanol–water partition coefficient (Wildman–Crippen LogP) is 1.48. The van der Waals surface area contributed by atoms with E-state index in [9.17, 15) is 4.79 Å². The van der Waals surface area contributed by atoms with E-state index in [4.69, 9.17) is 4.42 Å². The SMILES string of the molecule is CN1CCN(c2cnn([C@H]3CCCN(Cc4nnc(C5CCC5)o4)C3)c(=O)c2)CC1. The molecule has 0 radical (unpaired) electrons. The molecular weight excluding hydrogens is 382 g/mol. The van der Waals surface area contributed by atoms with Crippen molar-refractivity contribution in [3.8, 4) is 0 Å². The highest BCUT2D eigenvalue weighted by atomic mass is 16.4. The highest BCUT2D eigenvalue weighted by Gasteiger charge is 2.27. The molecular formula is C21H31N7O2. The first kappa shape index (κ1) is 19.7. The molecule has 0 spiro atoms. The molecule has 4 heterocycles. The standard InChI is InChI=1S/C21H31N7O2/c1-25-8-10-27(11-9-25)18-12-20(29)28(22-13-18)17-6-3-7-26(14-17)15-19-23-24-21(30-19)16-4-2-5-16/h12-13,16-17H,2-11,14-15H2,1H3/t17-/m0/s1. The van der Waals surface area contributed by atoms with E-state index in [1.807, 2.05) is 6.20 Å². The van der Waals surface area contributed by atoms with Crippen molar-refractivity contribution in [2.24, 2.45) is 0 Å². The molecule has 1 aliphatic carbocycles. The van der Waals surface area contributed by atoms with Gasteiger partial charge in [0, 0.05) is 44.7 Å². The van der Waals surface area contributed by atoms with Crippen LogP contribution >= 0.6 is 0 Å². The van der Waals surface area contributed by atoms with Crippen LogP contribution < -0.4 is 10.5 Å². The fourth-order valence-electron chi connectivity index (χ4n) is 4.64. The van der Waals surface area contributed by atoms with Crippen LogP contribution in [0.3, 0.4) is 0 Å². The second kappa shape index (κ2) is 8.47. The van der Waals surface area contributed by atoms with Crippen LogP contribution in [0.15, 0.2) is 21.5 Å². The first-order valence-electron chi connectivity index (χ1n) is 11.2. The monoisotopic (exact) mass is 413 g/mol. The topological polar surface area (TPSA) is 83.5 Å². The summed E-state index contributed by atoms with van der Waals surface area (Å²) in [4.78, 5) is 19.7. The normalized spacial score (nSPS) is 24.2. The van der Waals surface area contributed by atoms with Gasteiger partial charge in [-0.3, -0.25) is 9.69 Å². The minimum absolute atomic E-state index is 0.0108. The Hall–Kier alpha value is -2.26. The minimum atomic E-state index is -0.0108. The first-order valence-corrected chi connectivity index (χ1v) is 11.2. The number of nitrogens with zero attached hydrogens (tertiary/aromatic N) is 7. The Morgan fingerprint density at radius 1 is 1.07 bits per heavy atom. The number of hydrogen-bond donors (Lipinski definition) is 0. The third-order valence-electron chi connectivity index (χ3n) is 6.80. The fourth-order valence-corrected chi connectivity index (χ4v) is 4.64. The van der Waals surface area contributed by atoms with Gasteiger partial charge in [0.2, 0.25) is 11.8 Å². The summed E-state index contributed by atoms with van der Waals surface area (Å²) in [6.07, 6.45) is 7.43. The van der Waals surface area contributed by atoms with Crippen LogP contribution in [-0.2, 0) is 6.54 Å². The Kier molecular flexibility index (Phi) is 5.56. The van der Waals surface area contributed by atoms with E-state index in [1.54, 1.807) is 10.7 Å². The van der Waals surface area contributed by atoms with Gasteiger partial charge in [-0.05, 0) is 39.3 Å². The summed E-state index contributed by atoms with van der Waals surface area (Å²) in [5.41, 5.74) is 0.926. The molecule has 2 aromatic heterocycles. The van der Waals surface area contributed by atoms with Crippen molar-refractivity contribution in [2.45, 2.75) is 50.6 Å². The molecule has 0 N–H and O–H groups in total. The van der Waals surface area contributed by atoms with Gasteiger partial charge in [-0.2, -0.15) is 5.10 Å². The Labute approximate surface area is 176 Å². The molecule has 0 bridgehead atoms. The van der Waals surface area contributed by atoms with Gasteiger partial charge in [0.05, 0.1) is 24.5 Å². The van der Waals surface area contributed by atoms with Crippen molar-refractivity contribution in [1.82, 2.24) is 29.8 Å². The number of aromatic nitrogens is 4. The maximum atomic E-state index is 12.8. The lowest BCUT2D eigenvalue weighted by Gasteiger charge is -2.34. The van der Waals surface area contributed by atoms with Gasteiger partial charge in [0.1, 0.15) is 0 Å². The van der Waals surface area contributed by atoms with E-state index < -0.39 is 0 Å². The first-order chi connectivity index (χ1) is 14.7. The summed E-state index contributed by atoms with van der Waals surface area (Å²) in [7, 11) is 2.13. The second-order valence-corrected chi connectivity index (χ2v) is 8.98. The maximum absolute atomic E-state index is 12.8. The molecule has 0 amide bonds. The zero-order chi connectivity index (χ0) is 20.5. The van der Waals surface area contributed by atoms with E-state index in [1.165, 1.54) is 6.42 Å². The van der Waals surface area contributed by atoms with Gasteiger partial charge in [0.25, 0.3) is 5.56 Å². The van der Waals surface area contributed by atoms with Crippen LogP contribution in [0.5, 0.6) is 0 Å². The van der Waals surface area contributed by atoms with Crippen LogP contribution in [0.4, 0.5) is 5.69 Å². The molecule has 9 nitrogen and oxygen atoms in total. The summed E-state index contributed by atoms with van der Waals surface area (Å²) in [6.45, 7) is 6.30. The van der Waals surface area contributed by atoms with E-state index in [-0.39, 0.29) is 11.6 Å². The van der Waals surface area contributed by atoms with Gasteiger partial charge in [0.15, 0.2) is 0 Å². The van der Waals surface area contributed by atoms with Crippen LogP contribution in [0.25, 0.3) is 0 Å². The zero-order valence-electron chi connectivity index (χ0n) is 17.7. The maximum Gasteiger partial charge on any atom is 0.269 e. The summed E-state index contributed by atoms with van der Waals surface area (Å²) in [5.74, 6) is 1.94. The number of anilines is 1. The minimum Gasteiger partial charge on any atom is -0.424 e. The van der Waals surface area contributed by atoms with Crippen LogP contribution in [0.1, 0.15) is 55.8 Å². The van der Waals surface area contributed by atoms with Gasteiger partial charge in [-0.25, -0.2) is 4.68 Å². The number of hydrogen-bond acceptors (Lipinski definition) is 8. The molecule has 0 unspecified atom stereocenters. The summed E-state index contributed by atoms with van der Waals surface area (Å²) in [5, 5.41) is 13.0. The number of piperidine rings is 1. The molecule has 2 aromatic rings. The molecule has 1 atom stereocenters. The van der Waals surface area contributed by atoms with Crippen LogP contribution in [0, 0.1) is 0 Å². The van der Waals surface area contributed by atoms with E-state index in [0.717, 1.165) is 76.5 Å². The number of likely N-dealkylation sites (tertiary alicyclic amines) is 1. The summed E-state index contributed by atoms with van der Waals surface area (Å²) in [6, 6.07) is 1.84. The Balaban J connectivity index is 1.23. The smallest absolute Gasteiger partial charge is 0.269 e. The van der Waals surface area contributed by atoms with Crippen LogP contribution in [0.2, 0.25) is 0 Å². The second-order valence-electron chi connectivity index (χ2n) is 8.98. The largest absolute Gasteiger partial charge is 0.424 e. The fraction of sp³-hybridized carbons (Fsp3) is 0.714. The van der Waals surface area contributed by atoms with Gasteiger partial charge in [-0.1, -0.05) is 6.42 Å². The molecule has 0 aromatic carbocycles. The molecule has 2 aliphatic heterocycles. The third kappa shape index (κ3) is 4.13. The van der Waals surface area contributed by atoms with E-state index >= 15 is 0 Å². The lowest BCUT2D eigenvalue weighted by molar-refractivity contribution is 0.146. The highest BCUT2D eigenvalue weighted by Crippen LogP contribution is 2.35. The number of rotatable bonds is 5. The van der Waals surface area contributed by atoms with Gasteiger partial charge in [-0.15, -0.1) is 10.2 Å².